The zero-order chi connectivity index (χ0) is 19.8. The van der Waals surface area contributed by atoms with Gasteiger partial charge in [-0.25, -0.2) is 14.4 Å². The second kappa shape index (κ2) is 10.4. The van der Waals surface area contributed by atoms with Crippen LogP contribution in [-0.2, 0) is 4.74 Å². The van der Waals surface area contributed by atoms with Gasteiger partial charge in [-0.15, -0.1) is 0 Å². The summed E-state index contributed by atoms with van der Waals surface area (Å²) in [5, 5.41) is 9.13. The topological polar surface area (TPSA) is 84.5 Å². The lowest BCUT2D eigenvalue weighted by Gasteiger charge is -2.21. The number of nitrogens with zero attached hydrogens (tertiary/aromatic N) is 3. The van der Waals surface area contributed by atoms with Gasteiger partial charge < -0.3 is 20.5 Å². The highest BCUT2D eigenvalue weighted by Gasteiger charge is 2.12. The first-order chi connectivity index (χ1) is 12.9. The van der Waals surface area contributed by atoms with E-state index in [2.05, 4.69) is 9.97 Å². The van der Waals surface area contributed by atoms with Crippen LogP contribution in [0, 0.1) is 5.82 Å². The number of benzene rings is 1. The lowest BCUT2D eigenvalue weighted by atomic mass is 10.1. The van der Waals surface area contributed by atoms with Gasteiger partial charge in [-0.2, -0.15) is 0 Å². The average molecular weight is 397 g/mol. The Morgan fingerprint density at radius 1 is 1.33 bits per heavy atom. The molecule has 2 aromatic rings. The Bertz CT molecular complexity index is 738. The lowest BCUT2D eigenvalue weighted by Crippen LogP contribution is -2.21. The van der Waals surface area contributed by atoms with Crippen molar-refractivity contribution in [2.75, 3.05) is 36.9 Å². The van der Waals surface area contributed by atoms with E-state index in [1.165, 1.54) is 18.3 Å². The van der Waals surface area contributed by atoms with Crippen LogP contribution in [0.4, 0.5) is 16.0 Å². The number of aromatic nitrogens is 2. The Labute approximate surface area is 164 Å². The molecule has 3 N–H and O–H groups in total. The maximum atomic E-state index is 13.8. The summed E-state index contributed by atoms with van der Waals surface area (Å²) in [5.74, 6) is -0.226. The minimum absolute atomic E-state index is 0.109. The van der Waals surface area contributed by atoms with E-state index in [0.29, 0.717) is 22.9 Å². The van der Waals surface area contributed by atoms with Crippen LogP contribution in [0.25, 0.3) is 11.3 Å². The van der Waals surface area contributed by atoms with Crippen molar-refractivity contribution in [2.24, 2.45) is 0 Å². The summed E-state index contributed by atoms with van der Waals surface area (Å²) in [7, 11) is 0. The molecule has 1 aliphatic rings. The van der Waals surface area contributed by atoms with Crippen molar-refractivity contribution in [3.8, 4) is 11.3 Å². The molecule has 0 bridgehead atoms. The summed E-state index contributed by atoms with van der Waals surface area (Å²) in [6.45, 7) is 6.99. The molecule has 0 saturated carbocycles. The van der Waals surface area contributed by atoms with Gasteiger partial charge in [0.15, 0.2) is 0 Å². The number of nitrogen functional groups attached to an aromatic ring is 1. The van der Waals surface area contributed by atoms with E-state index < -0.39 is 0 Å². The second-order valence-corrected chi connectivity index (χ2v) is 6.57. The van der Waals surface area contributed by atoms with Gasteiger partial charge in [0, 0.05) is 30.9 Å². The van der Waals surface area contributed by atoms with E-state index in [9.17, 15) is 4.39 Å². The molecular weight excluding hydrogens is 371 g/mol. The number of aliphatic hydroxyl groups excluding tert-OH is 1. The molecule has 0 spiro atoms. The molecule has 1 saturated heterocycles. The maximum absolute atomic E-state index is 13.8. The van der Waals surface area contributed by atoms with Gasteiger partial charge in [0.05, 0.1) is 29.6 Å². The highest BCUT2D eigenvalue weighted by atomic mass is 35.5. The second-order valence-electron chi connectivity index (χ2n) is 6.17. The highest BCUT2D eigenvalue weighted by Crippen LogP contribution is 2.30. The molecule has 1 atom stereocenters. The summed E-state index contributed by atoms with van der Waals surface area (Å²) < 4.78 is 18.8. The Morgan fingerprint density at radius 3 is 2.63 bits per heavy atom. The fraction of sp³-hybridized carbons (Fsp3) is 0.474. The molecule has 2 heterocycles. The van der Waals surface area contributed by atoms with Crippen molar-refractivity contribution in [1.82, 2.24) is 9.97 Å². The highest BCUT2D eigenvalue weighted by molar-refractivity contribution is 6.32. The van der Waals surface area contributed by atoms with Crippen molar-refractivity contribution in [3.63, 3.8) is 0 Å². The summed E-state index contributed by atoms with van der Waals surface area (Å²) in [4.78, 5) is 9.94. The van der Waals surface area contributed by atoms with Crippen LogP contribution in [-0.4, -0.2) is 47.5 Å². The standard InChI is InChI=1S/C14H16ClFN4.C5H10O2/c1-3-20(4-2)11-6-9(5-10(16)7-11)13-12(15)8-18-14(17)19-13;6-5-2-1-3-7-4-5/h5-8H,3-4H2,1-2H3,(H2,17,18,19);5-6H,1-4H2. The predicted octanol–water partition coefficient (Wildman–Crippen LogP) is 3.52. The third kappa shape index (κ3) is 6.30. The maximum Gasteiger partial charge on any atom is 0.220 e. The monoisotopic (exact) mass is 396 g/mol. The van der Waals surface area contributed by atoms with Crippen LogP contribution in [0.2, 0.25) is 5.02 Å². The molecule has 6 nitrogen and oxygen atoms in total. The molecule has 0 radical (unpaired) electrons. The summed E-state index contributed by atoms with van der Waals surface area (Å²) in [5.41, 5.74) is 7.38. The molecule has 1 aromatic carbocycles. The van der Waals surface area contributed by atoms with Crippen LogP contribution in [0.3, 0.4) is 0 Å². The lowest BCUT2D eigenvalue weighted by molar-refractivity contribution is -0.00535. The number of halogens is 2. The van der Waals surface area contributed by atoms with Crippen molar-refractivity contribution < 1.29 is 14.2 Å². The molecule has 3 rings (SSSR count). The molecule has 0 aliphatic carbocycles. The van der Waals surface area contributed by atoms with Gasteiger partial charge in [0.25, 0.3) is 0 Å². The Kier molecular flexibility index (Phi) is 8.22. The van der Waals surface area contributed by atoms with Crippen molar-refractivity contribution in [1.29, 1.82) is 0 Å². The van der Waals surface area contributed by atoms with Crippen molar-refractivity contribution >= 4 is 23.2 Å². The number of hydrogen-bond donors (Lipinski definition) is 2. The average Bonchev–Trinajstić information content (AvgIpc) is 2.65. The largest absolute Gasteiger partial charge is 0.391 e. The van der Waals surface area contributed by atoms with Crippen LogP contribution >= 0.6 is 11.6 Å². The molecule has 1 aromatic heterocycles. The van der Waals surface area contributed by atoms with Gasteiger partial charge in [-0.05, 0) is 44.9 Å². The van der Waals surface area contributed by atoms with Crippen LogP contribution in [0.5, 0.6) is 0 Å². The van der Waals surface area contributed by atoms with Crippen LogP contribution in [0.15, 0.2) is 24.4 Å². The van der Waals surface area contributed by atoms with E-state index >= 15 is 0 Å². The minimum Gasteiger partial charge on any atom is -0.391 e. The van der Waals surface area contributed by atoms with E-state index in [1.807, 2.05) is 24.8 Å². The quantitative estimate of drug-likeness (QED) is 0.822. The first kappa shape index (κ1) is 21.3. The molecule has 148 valence electrons. The van der Waals surface area contributed by atoms with E-state index in [-0.39, 0.29) is 17.9 Å². The number of rotatable bonds is 4. The fourth-order valence-corrected chi connectivity index (χ4v) is 2.99. The Hall–Kier alpha value is -1.96. The number of aliphatic hydroxyl groups is 1. The third-order valence-electron chi connectivity index (χ3n) is 4.18. The summed E-state index contributed by atoms with van der Waals surface area (Å²) in [6.07, 6.45) is 3.16. The number of hydrogen-bond acceptors (Lipinski definition) is 6. The summed E-state index contributed by atoms with van der Waals surface area (Å²) >= 11 is 6.07. The number of anilines is 2. The number of ether oxygens (including phenoxy) is 1. The van der Waals surface area contributed by atoms with Crippen molar-refractivity contribution in [3.05, 3.63) is 35.2 Å². The van der Waals surface area contributed by atoms with Crippen molar-refractivity contribution in [2.45, 2.75) is 32.8 Å². The Balaban J connectivity index is 0.000000313. The molecule has 27 heavy (non-hydrogen) atoms. The zero-order valence-corrected chi connectivity index (χ0v) is 16.4. The molecule has 1 fully saturated rings. The SMILES string of the molecule is CCN(CC)c1cc(F)cc(-c2nc(N)ncc2Cl)c1.OC1CCCOC1. The summed E-state index contributed by atoms with van der Waals surface area (Å²) in [6, 6.07) is 4.74. The Morgan fingerprint density at radius 2 is 2.07 bits per heavy atom. The van der Waals surface area contributed by atoms with Gasteiger partial charge in [0.2, 0.25) is 5.95 Å². The van der Waals surface area contributed by atoms with Crippen LogP contribution in [0.1, 0.15) is 26.7 Å². The smallest absolute Gasteiger partial charge is 0.220 e. The molecule has 1 unspecified atom stereocenters. The van der Waals surface area contributed by atoms with E-state index in [4.69, 9.17) is 27.2 Å². The van der Waals surface area contributed by atoms with Crippen LogP contribution < -0.4 is 10.6 Å². The normalized spacial score (nSPS) is 16.4. The predicted molar refractivity (Wildman–Crippen MR) is 106 cm³/mol. The molecule has 1 aliphatic heterocycles. The van der Waals surface area contributed by atoms with Gasteiger partial charge in [-0.1, -0.05) is 11.6 Å². The molecular formula is C19H26ClFN4O2. The fourth-order valence-electron chi connectivity index (χ4n) is 2.79. The van der Waals surface area contributed by atoms with Gasteiger partial charge >= 0.3 is 0 Å². The molecule has 0 amide bonds. The van der Waals surface area contributed by atoms with E-state index in [0.717, 1.165) is 38.2 Å². The molecule has 8 heteroatoms. The first-order valence-corrected chi connectivity index (χ1v) is 9.42. The first-order valence-electron chi connectivity index (χ1n) is 9.04. The van der Waals surface area contributed by atoms with E-state index in [1.54, 1.807) is 0 Å². The van der Waals surface area contributed by atoms with Gasteiger partial charge in [-0.3, -0.25) is 0 Å². The zero-order valence-electron chi connectivity index (χ0n) is 15.7. The number of nitrogens with two attached hydrogens (primary N) is 1. The third-order valence-corrected chi connectivity index (χ3v) is 4.46. The van der Waals surface area contributed by atoms with Gasteiger partial charge in [0.1, 0.15) is 5.82 Å². The minimum atomic E-state index is -0.336.